The number of amides is 2. The van der Waals surface area contributed by atoms with E-state index in [1.165, 1.54) is 29.5 Å². The molecule has 1 aromatic carbocycles. The number of carbonyl (C=O) groups excluding carboxylic acids is 2. The summed E-state index contributed by atoms with van der Waals surface area (Å²) in [6.07, 6.45) is 0. The lowest BCUT2D eigenvalue weighted by atomic mass is 10.2. The van der Waals surface area contributed by atoms with Gasteiger partial charge < -0.3 is 15.7 Å². The minimum Gasteiger partial charge on any atom is -0.480 e. The van der Waals surface area contributed by atoms with Crippen LogP contribution in [-0.2, 0) is 4.79 Å². The van der Waals surface area contributed by atoms with Crippen molar-refractivity contribution < 1.29 is 19.5 Å². The summed E-state index contributed by atoms with van der Waals surface area (Å²) >= 11 is 7.28. The average Bonchev–Trinajstić information content (AvgIpc) is 3.01. The highest BCUT2D eigenvalue weighted by Gasteiger charge is 2.13. The summed E-state index contributed by atoms with van der Waals surface area (Å²) < 4.78 is 0. The largest absolute Gasteiger partial charge is 0.480 e. The number of carboxylic acid groups (broad SMARTS) is 1. The summed E-state index contributed by atoms with van der Waals surface area (Å²) in [7, 11) is 0. The van der Waals surface area contributed by atoms with E-state index >= 15 is 0 Å². The number of hydrogen-bond donors (Lipinski definition) is 3. The predicted molar refractivity (Wildman–Crippen MR) is 83.7 cm³/mol. The molecule has 6 nitrogen and oxygen atoms in total. The van der Waals surface area contributed by atoms with Crippen molar-refractivity contribution in [2.24, 2.45) is 0 Å². The van der Waals surface area contributed by atoms with Crippen molar-refractivity contribution in [3.63, 3.8) is 0 Å². The molecule has 0 atom stereocenters. The van der Waals surface area contributed by atoms with Crippen molar-refractivity contribution in [2.45, 2.75) is 0 Å². The Morgan fingerprint density at radius 3 is 2.59 bits per heavy atom. The number of thiophene rings is 1. The summed E-state index contributed by atoms with van der Waals surface area (Å²) in [5.41, 5.74) is 0.482. The second-order valence-electron chi connectivity index (χ2n) is 4.20. The first-order valence-corrected chi connectivity index (χ1v) is 7.37. The van der Waals surface area contributed by atoms with Crippen LogP contribution in [0.1, 0.15) is 20.0 Å². The number of anilines is 1. The van der Waals surface area contributed by atoms with Gasteiger partial charge >= 0.3 is 5.97 Å². The minimum absolute atomic E-state index is 0.201. The topological polar surface area (TPSA) is 95.5 Å². The van der Waals surface area contributed by atoms with E-state index in [4.69, 9.17) is 16.7 Å². The highest BCUT2D eigenvalue weighted by molar-refractivity contribution is 7.12. The molecule has 114 valence electrons. The molecule has 22 heavy (non-hydrogen) atoms. The van der Waals surface area contributed by atoms with Gasteiger partial charge in [0.05, 0.1) is 15.6 Å². The van der Waals surface area contributed by atoms with Crippen LogP contribution in [0.4, 0.5) is 5.69 Å². The molecule has 0 spiro atoms. The van der Waals surface area contributed by atoms with Crippen molar-refractivity contribution >= 4 is 46.4 Å². The third-order valence-electron chi connectivity index (χ3n) is 2.62. The molecule has 3 N–H and O–H groups in total. The Morgan fingerprint density at radius 1 is 1.18 bits per heavy atom. The fraction of sp³-hybridized carbons (Fsp3) is 0.0714. The number of rotatable bonds is 5. The van der Waals surface area contributed by atoms with Gasteiger partial charge in [-0.3, -0.25) is 14.4 Å². The average molecular weight is 339 g/mol. The molecular formula is C14H11ClN2O4S. The number of nitrogens with one attached hydrogen (secondary N) is 2. The minimum atomic E-state index is -1.14. The lowest BCUT2D eigenvalue weighted by Crippen LogP contribution is -2.29. The van der Waals surface area contributed by atoms with Gasteiger partial charge in [0, 0.05) is 5.56 Å². The molecule has 0 unspecified atom stereocenters. The van der Waals surface area contributed by atoms with Crippen LogP contribution in [0.3, 0.4) is 0 Å². The molecule has 2 amide bonds. The summed E-state index contributed by atoms with van der Waals surface area (Å²) in [5, 5.41) is 15.4. The standard InChI is InChI=1S/C14H11ClN2O4S/c15-9-4-3-8(13(20)16-7-12(18)19)6-10(9)17-14(21)11-2-1-5-22-11/h1-6H,7H2,(H,16,20)(H,17,21)(H,18,19). The Balaban J connectivity index is 2.14. The van der Waals surface area contributed by atoms with Crippen molar-refractivity contribution in [1.82, 2.24) is 5.32 Å². The maximum Gasteiger partial charge on any atom is 0.322 e. The van der Waals surface area contributed by atoms with E-state index in [-0.39, 0.29) is 22.2 Å². The molecule has 0 radical (unpaired) electrons. The Morgan fingerprint density at radius 2 is 1.95 bits per heavy atom. The second-order valence-corrected chi connectivity index (χ2v) is 5.56. The van der Waals surface area contributed by atoms with E-state index in [2.05, 4.69) is 10.6 Å². The van der Waals surface area contributed by atoms with Gasteiger partial charge in [-0.25, -0.2) is 0 Å². The van der Waals surface area contributed by atoms with Crippen molar-refractivity contribution in [2.75, 3.05) is 11.9 Å². The second kappa shape index (κ2) is 7.06. The van der Waals surface area contributed by atoms with E-state index in [1.54, 1.807) is 17.5 Å². The Labute approximate surface area is 134 Å². The Bertz CT molecular complexity index is 716. The van der Waals surface area contributed by atoms with Crippen molar-refractivity contribution in [3.05, 3.63) is 51.2 Å². The number of benzene rings is 1. The molecule has 2 rings (SSSR count). The molecule has 1 heterocycles. The Hall–Kier alpha value is -2.38. The third kappa shape index (κ3) is 4.06. The monoisotopic (exact) mass is 338 g/mol. The van der Waals surface area contributed by atoms with Gasteiger partial charge in [0.25, 0.3) is 11.8 Å². The van der Waals surface area contributed by atoms with E-state index in [9.17, 15) is 14.4 Å². The lowest BCUT2D eigenvalue weighted by molar-refractivity contribution is -0.135. The molecule has 0 bridgehead atoms. The molecule has 0 aliphatic carbocycles. The van der Waals surface area contributed by atoms with Crippen LogP contribution < -0.4 is 10.6 Å². The number of halogens is 1. The molecule has 0 saturated carbocycles. The maximum absolute atomic E-state index is 12.0. The first-order chi connectivity index (χ1) is 10.5. The van der Waals surface area contributed by atoms with E-state index in [0.29, 0.717) is 4.88 Å². The maximum atomic E-state index is 12.0. The fourth-order valence-electron chi connectivity index (χ4n) is 1.61. The molecule has 8 heteroatoms. The van der Waals surface area contributed by atoms with Crippen LogP contribution in [0.15, 0.2) is 35.7 Å². The van der Waals surface area contributed by atoms with Gasteiger partial charge in [0.1, 0.15) is 6.54 Å². The summed E-state index contributed by atoms with van der Waals surface area (Å²) in [5.74, 6) is -2.04. The first-order valence-electron chi connectivity index (χ1n) is 6.12. The van der Waals surface area contributed by atoms with Crippen LogP contribution in [0.2, 0.25) is 5.02 Å². The van der Waals surface area contributed by atoms with Crippen molar-refractivity contribution in [1.29, 1.82) is 0 Å². The summed E-state index contributed by atoms with van der Waals surface area (Å²) in [4.78, 5) is 34.7. The molecule has 0 fully saturated rings. The van der Waals surface area contributed by atoms with Gasteiger partial charge in [-0.15, -0.1) is 11.3 Å². The number of carboxylic acids is 1. The van der Waals surface area contributed by atoms with Gasteiger partial charge in [0.2, 0.25) is 0 Å². The molecule has 0 aliphatic rings. The highest BCUT2D eigenvalue weighted by atomic mass is 35.5. The number of carbonyl (C=O) groups is 3. The normalized spacial score (nSPS) is 10.0. The zero-order chi connectivity index (χ0) is 16.1. The van der Waals surface area contributed by atoms with Crippen LogP contribution in [0, 0.1) is 0 Å². The van der Waals surface area contributed by atoms with Crippen LogP contribution in [0.25, 0.3) is 0 Å². The van der Waals surface area contributed by atoms with Gasteiger partial charge in [0.15, 0.2) is 0 Å². The molecule has 0 aliphatic heterocycles. The van der Waals surface area contributed by atoms with Crippen LogP contribution in [0.5, 0.6) is 0 Å². The van der Waals surface area contributed by atoms with Gasteiger partial charge in [-0.05, 0) is 29.6 Å². The fourth-order valence-corrected chi connectivity index (χ4v) is 2.40. The third-order valence-corrected chi connectivity index (χ3v) is 3.82. The number of hydrogen-bond acceptors (Lipinski definition) is 4. The van der Waals surface area contributed by atoms with E-state index < -0.39 is 18.4 Å². The number of aliphatic carboxylic acids is 1. The van der Waals surface area contributed by atoms with Gasteiger partial charge in [-0.2, -0.15) is 0 Å². The van der Waals surface area contributed by atoms with E-state index in [1.807, 2.05) is 0 Å². The van der Waals surface area contributed by atoms with Crippen LogP contribution in [-0.4, -0.2) is 29.4 Å². The zero-order valence-electron chi connectivity index (χ0n) is 11.1. The van der Waals surface area contributed by atoms with Crippen LogP contribution >= 0.6 is 22.9 Å². The summed E-state index contributed by atoms with van der Waals surface area (Å²) in [6, 6.07) is 7.71. The zero-order valence-corrected chi connectivity index (χ0v) is 12.7. The first kappa shape index (κ1) is 16.0. The predicted octanol–water partition coefficient (Wildman–Crippen LogP) is 2.47. The molecule has 0 saturated heterocycles. The molecule has 2 aromatic rings. The van der Waals surface area contributed by atoms with Gasteiger partial charge in [-0.1, -0.05) is 17.7 Å². The Kier molecular flexibility index (Phi) is 5.13. The molecular weight excluding hydrogens is 328 g/mol. The highest BCUT2D eigenvalue weighted by Crippen LogP contribution is 2.24. The lowest BCUT2D eigenvalue weighted by Gasteiger charge is -2.09. The molecule has 1 aromatic heterocycles. The smallest absolute Gasteiger partial charge is 0.322 e. The summed E-state index contributed by atoms with van der Waals surface area (Å²) in [6.45, 7) is -0.488. The SMILES string of the molecule is O=C(O)CNC(=O)c1ccc(Cl)c(NC(=O)c2cccs2)c1. The van der Waals surface area contributed by atoms with Crippen molar-refractivity contribution in [3.8, 4) is 0 Å². The quantitative estimate of drug-likeness (QED) is 0.780. The van der Waals surface area contributed by atoms with E-state index in [0.717, 1.165) is 0 Å².